The Hall–Kier alpha value is -2.67. The highest BCUT2D eigenvalue weighted by Gasteiger charge is 2.23. The Morgan fingerprint density at radius 2 is 1.00 bits per heavy atom. The third kappa shape index (κ3) is 2.07. The Labute approximate surface area is 124 Å². The molecule has 1 nitrogen and oxygen atoms in total. The second kappa shape index (κ2) is 5.02. The summed E-state index contributed by atoms with van der Waals surface area (Å²) >= 11 is 0. The van der Waals surface area contributed by atoms with Crippen LogP contribution in [0, 0.1) is 0 Å². The molecule has 3 aromatic rings. The molecule has 100 valence electrons. The van der Waals surface area contributed by atoms with Crippen molar-refractivity contribution in [3.05, 3.63) is 95.6 Å². The molecule has 0 saturated heterocycles. The quantitative estimate of drug-likeness (QED) is 0.500. The van der Waals surface area contributed by atoms with Gasteiger partial charge in [-0.3, -0.25) is 4.99 Å². The van der Waals surface area contributed by atoms with Gasteiger partial charge in [-0.1, -0.05) is 78.9 Å². The number of nitrogens with zero attached hydrogens (tertiary/aromatic N) is 1. The molecule has 0 spiro atoms. The van der Waals surface area contributed by atoms with E-state index >= 15 is 0 Å². The fraction of sp³-hybridized carbons (Fsp3) is 0.0500. The van der Waals surface area contributed by atoms with Gasteiger partial charge in [-0.15, -0.1) is 0 Å². The van der Waals surface area contributed by atoms with Crippen molar-refractivity contribution in [3.63, 3.8) is 0 Å². The summed E-state index contributed by atoms with van der Waals surface area (Å²) in [7, 11) is 0. The first-order chi connectivity index (χ1) is 10.4. The van der Waals surface area contributed by atoms with E-state index in [1.165, 1.54) is 27.8 Å². The van der Waals surface area contributed by atoms with Crippen LogP contribution in [0.15, 0.2) is 83.9 Å². The minimum atomic E-state index is 0.721. The van der Waals surface area contributed by atoms with Crippen molar-refractivity contribution >= 4 is 5.71 Å². The highest BCUT2D eigenvalue weighted by Crippen LogP contribution is 2.36. The maximum atomic E-state index is 4.89. The zero-order valence-electron chi connectivity index (χ0n) is 11.7. The van der Waals surface area contributed by atoms with Crippen molar-refractivity contribution < 1.29 is 0 Å². The smallest absolute Gasteiger partial charge is 0.0735 e. The van der Waals surface area contributed by atoms with Crippen LogP contribution in [-0.4, -0.2) is 5.71 Å². The summed E-state index contributed by atoms with van der Waals surface area (Å²) in [6, 6.07) is 27.5. The molecule has 0 heterocycles. The molecule has 0 atom stereocenters. The van der Waals surface area contributed by atoms with Crippen molar-refractivity contribution in [1.82, 2.24) is 0 Å². The Morgan fingerprint density at radius 1 is 0.524 bits per heavy atom. The second-order valence-electron chi connectivity index (χ2n) is 5.24. The molecule has 4 rings (SSSR count). The molecule has 0 bridgehead atoms. The standard InChI is InChI=1S/C20H15N/c1-2-8-15(9-3-1)14-21-20-18-12-6-4-10-16(18)17-11-5-7-13-19(17)20/h1-13H,14H2. The zero-order valence-corrected chi connectivity index (χ0v) is 11.7. The molecule has 0 saturated carbocycles. The van der Waals surface area contributed by atoms with Crippen LogP contribution in [-0.2, 0) is 6.54 Å². The van der Waals surface area contributed by atoms with Gasteiger partial charge >= 0.3 is 0 Å². The van der Waals surface area contributed by atoms with Gasteiger partial charge < -0.3 is 0 Å². The second-order valence-corrected chi connectivity index (χ2v) is 5.24. The van der Waals surface area contributed by atoms with Gasteiger partial charge in [0.15, 0.2) is 0 Å². The fourth-order valence-corrected chi connectivity index (χ4v) is 2.92. The van der Waals surface area contributed by atoms with Crippen molar-refractivity contribution in [1.29, 1.82) is 0 Å². The van der Waals surface area contributed by atoms with Gasteiger partial charge in [-0.05, 0) is 16.7 Å². The van der Waals surface area contributed by atoms with Crippen LogP contribution in [0.3, 0.4) is 0 Å². The maximum absolute atomic E-state index is 4.89. The lowest BCUT2D eigenvalue weighted by Crippen LogP contribution is -1.99. The largest absolute Gasteiger partial charge is 0.279 e. The highest BCUT2D eigenvalue weighted by molar-refractivity contribution is 6.24. The molecular weight excluding hydrogens is 254 g/mol. The summed E-state index contributed by atoms with van der Waals surface area (Å²) < 4.78 is 0. The van der Waals surface area contributed by atoms with Crippen molar-refractivity contribution in [2.75, 3.05) is 0 Å². The summed E-state index contributed by atoms with van der Waals surface area (Å²) in [6.45, 7) is 0.721. The number of aliphatic imine (C=N–C) groups is 1. The van der Waals surface area contributed by atoms with Gasteiger partial charge in [0.05, 0.1) is 12.3 Å². The van der Waals surface area contributed by atoms with E-state index in [4.69, 9.17) is 4.99 Å². The van der Waals surface area contributed by atoms with Gasteiger partial charge in [0.2, 0.25) is 0 Å². The molecule has 0 amide bonds. The van der Waals surface area contributed by atoms with Crippen LogP contribution in [0.2, 0.25) is 0 Å². The van der Waals surface area contributed by atoms with E-state index in [0.717, 1.165) is 12.3 Å². The maximum Gasteiger partial charge on any atom is 0.0735 e. The molecule has 21 heavy (non-hydrogen) atoms. The summed E-state index contributed by atoms with van der Waals surface area (Å²) in [4.78, 5) is 4.89. The van der Waals surface area contributed by atoms with Gasteiger partial charge in [0.25, 0.3) is 0 Å². The molecule has 3 aromatic carbocycles. The van der Waals surface area contributed by atoms with Gasteiger partial charge in [-0.25, -0.2) is 0 Å². The Balaban J connectivity index is 1.82. The number of hydrogen-bond acceptors (Lipinski definition) is 1. The Morgan fingerprint density at radius 3 is 1.57 bits per heavy atom. The van der Waals surface area contributed by atoms with Gasteiger partial charge in [0, 0.05) is 11.1 Å². The summed E-state index contributed by atoms with van der Waals surface area (Å²) in [5, 5.41) is 0. The SMILES string of the molecule is c1ccc(CN=C2c3ccccc3-c3ccccc32)cc1. The van der Waals surface area contributed by atoms with Gasteiger partial charge in [-0.2, -0.15) is 0 Å². The molecule has 1 heteroatoms. The van der Waals surface area contributed by atoms with E-state index in [-0.39, 0.29) is 0 Å². The molecule has 0 aromatic heterocycles. The third-order valence-corrected chi connectivity index (χ3v) is 3.92. The Bertz CT molecular complexity index is 769. The molecule has 1 aliphatic carbocycles. The lowest BCUT2D eigenvalue weighted by molar-refractivity contribution is 1.07. The lowest BCUT2D eigenvalue weighted by Gasteiger charge is -2.02. The predicted molar refractivity (Wildman–Crippen MR) is 87.7 cm³/mol. The summed E-state index contributed by atoms with van der Waals surface area (Å²) in [5.41, 5.74) is 7.43. The van der Waals surface area contributed by atoms with E-state index < -0.39 is 0 Å². The van der Waals surface area contributed by atoms with Crippen LogP contribution in [0.5, 0.6) is 0 Å². The molecule has 0 fully saturated rings. The molecule has 1 aliphatic rings. The van der Waals surface area contributed by atoms with Crippen LogP contribution in [0.25, 0.3) is 11.1 Å². The monoisotopic (exact) mass is 269 g/mol. The van der Waals surface area contributed by atoms with Crippen LogP contribution in [0.4, 0.5) is 0 Å². The minimum Gasteiger partial charge on any atom is -0.279 e. The number of hydrogen-bond donors (Lipinski definition) is 0. The number of fused-ring (bicyclic) bond motifs is 3. The van der Waals surface area contributed by atoms with Crippen LogP contribution < -0.4 is 0 Å². The zero-order chi connectivity index (χ0) is 14.1. The molecule has 0 radical (unpaired) electrons. The highest BCUT2D eigenvalue weighted by atomic mass is 14.7. The minimum absolute atomic E-state index is 0.721. The van der Waals surface area contributed by atoms with Crippen molar-refractivity contribution in [2.24, 2.45) is 4.99 Å². The fourth-order valence-electron chi connectivity index (χ4n) is 2.92. The van der Waals surface area contributed by atoms with Crippen LogP contribution in [0.1, 0.15) is 16.7 Å². The average Bonchev–Trinajstić information content (AvgIpc) is 2.88. The average molecular weight is 269 g/mol. The van der Waals surface area contributed by atoms with E-state index in [1.54, 1.807) is 0 Å². The molecule has 0 N–H and O–H groups in total. The van der Waals surface area contributed by atoms with E-state index in [2.05, 4.69) is 72.8 Å². The first-order valence-electron chi connectivity index (χ1n) is 7.21. The summed E-state index contributed by atoms with van der Waals surface area (Å²) in [5.74, 6) is 0. The van der Waals surface area contributed by atoms with E-state index in [0.29, 0.717) is 0 Å². The first-order valence-corrected chi connectivity index (χ1v) is 7.21. The Kier molecular flexibility index (Phi) is 2.89. The number of benzene rings is 3. The molecule has 0 unspecified atom stereocenters. The number of rotatable bonds is 2. The lowest BCUT2D eigenvalue weighted by atomic mass is 10.1. The molecular formula is C20H15N. The first kappa shape index (κ1) is 12.1. The predicted octanol–water partition coefficient (Wildman–Crippen LogP) is 4.70. The molecule has 0 aliphatic heterocycles. The van der Waals surface area contributed by atoms with Gasteiger partial charge in [0.1, 0.15) is 0 Å². The van der Waals surface area contributed by atoms with Crippen LogP contribution >= 0.6 is 0 Å². The van der Waals surface area contributed by atoms with Crippen molar-refractivity contribution in [2.45, 2.75) is 6.54 Å². The normalized spacial score (nSPS) is 11.9. The third-order valence-electron chi connectivity index (χ3n) is 3.92. The van der Waals surface area contributed by atoms with E-state index in [1.807, 2.05) is 6.07 Å². The summed E-state index contributed by atoms with van der Waals surface area (Å²) in [6.07, 6.45) is 0. The topological polar surface area (TPSA) is 12.4 Å². The van der Waals surface area contributed by atoms with E-state index in [9.17, 15) is 0 Å². The van der Waals surface area contributed by atoms with Crippen molar-refractivity contribution in [3.8, 4) is 11.1 Å².